The van der Waals surface area contributed by atoms with Gasteiger partial charge in [-0.15, -0.1) is 11.7 Å². The van der Waals surface area contributed by atoms with E-state index in [4.69, 9.17) is 0 Å². The SMILES string of the molecule is C=CC(C)Nc1ccc2nccn2n1. The summed E-state index contributed by atoms with van der Waals surface area (Å²) in [7, 11) is 0. The molecule has 2 aromatic heterocycles. The van der Waals surface area contributed by atoms with Gasteiger partial charge in [-0.05, 0) is 19.1 Å². The fraction of sp³-hybridized carbons (Fsp3) is 0.200. The van der Waals surface area contributed by atoms with Crippen molar-refractivity contribution in [3.05, 3.63) is 37.2 Å². The highest BCUT2D eigenvalue weighted by Crippen LogP contribution is 2.06. The van der Waals surface area contributed by atoms with E-state index < -0.39 is 0 Å². The summed E-state index contributed by atoms with van der Waals surface area (Å²) in [5.41, 5.74) is 0.849. The number of rotatable bonds is 3. The Morgan fingerprint density at radius 1 is 1.57 bits per heavy atom. The summed E-state index contributed by atoms with van der Waals surface area (Å²) in [6.07, 6.45) is 5.38. The van der Waals surface area contributed by atoms with Crippen LogP contribution in [0.4, 0.5) is 5.82 Å². The van der Waals surface area contributed by atoms with Crippen molar-refractivity contribution in [2.45, 2.75) is 13.0 Å². The van der Waals surface area contributed by atoms with Crippen LogP contribution in [0.5, 0.6) is 0 Å². The van der Waals surface area contributed by atoms with E-state index in [1.807, 2.05) is 31.3 Å². The number of nitrogens with one attached hydrogen (secondary N) is 1. The van der Waals surface area contributed by atoms with Crippen molar-refractivity contribution >= 4 is 11.5 Å². The third-order valence-electron chi connectivity index (χ3n) is 1.98. The number of fused-ring (bicyclic) bond motifs is 1. The molecule has 4 nitrogen and oxygen atoms in total. The van der Waals surface area contributed by atoms with Gasteiger partial charge >= 0.3 is 0 Å². The average Bonchev–Trinajstić information content (AvgIpc) is 2.64. The maximum atomic E-state index is 4.32. The van der Waals surface area contributed by atoms with Gasteiger partial charge in [-0.2, -0.15) is 0 Å². The maximum Gasteiger partial charge on any atom is 0.153 e. The van der Waals surface area contributed by atoms with Crippen molar-refractivity contribution in [3.8, 4) is 0 Å². The van der Waals surface area contributed by atoms with Gasteiger partial charge in [-0.25, -0.2) is 9.50 Å². The molecule has 0 radical (unpaired) electrons. The molecule has 0 amide bonds. The second-order valence-electron chi connectivity index (χ2n) is 3.12. The normalized spacial score (nSPS) is 12.6. The van der Waals surface area contributed by atoms with Gasteiger partial charge in [0.15, 0.2) is 5.65 Å². The van der Waals surface area contributed by atoms with Gasteiger partial charge in [0.1, 0.15) is 5.82 Å². The Morgan fingerprint density at radius 3 is 3.21 bits per heavy atom. The summed E-state index contributed by atoms with van der Waals surface area (Å²) in [5, 5.41) is 7.51. The molecule has 0 aromatic carbocycles. The molecule has 0 saturated carbocycles. The van der Waals surface area contributed by atoms with Crippen LogP contribution in [0, 0.1) is 0 Å². The molecule has 0 aliphatic carbocycles. The molecule has 0 aliphatic heterocycles. The van der Waals surface area contributed by atoms with Crippen molar-refractivity contribution in [2.75, 3.05) is 5.32 Å². The van der Waals surface area contributed by atoms with Crippen LogP contribution in [-0.2, 0) is 0 Å². The highest BCUT2D eigenvalue weighted by molar-refractivity contribution is 5.44. The lowest BCUT2D eigenvalue weighted by Crippen LogP contribution is -2.13. The largest absolute Gasteiger partial charge is 0.363 e. The predicted molar refractivity (Wildman–Crippen MR) is 56.3 cm³/mol. The molecule has 14 heavy (non-hydrogen) atoms. The van der Waals surface area contributed by atoms with Gasteiger partial charge in [0.25, 0.3) is 0 Å². The zero-order valence-electron chi connectivity index (χ0n) is 8.01. The summed E-state index contributed by atoms with van der Waals surface area (Å²) >= 11 is 0. The number of nitrogens with zero attached hydrogens (tertiary/aromatic N) is 3. The molecular formula is C10H12N4. The number of aromatic nitrogens is 3. The van der Waals surface area contributed by atoms with Crippen LogP contribution in [0.1, 0.15) is 6.92 Å². The summed E-state index contributed by atoms with van der Waals surface area (Å²) in [6.45, 7) is 5.72. The van der Waals surface area contributed by atoms with Crippen LogP contribution < -0.4 is 5.32 Å². The first-order chi connectivity index (χ1) is 6.79. The molecule has 4 heteroatoms. The van der Waals surface area contributed by atoms with E-state index in [-0.39, 0.29) is 6.04 Å². The third-order valence-corrected chi connectivity index (χ3v) is 1.98. The van der Waals surface area contributed by atoms with E-state index in [2.05, 4.69) is 22.0 Å². The molecule has 0 saturated heterocycles. The first kappa shape index (κ1) is 8.74. The molecule has 72 valence electrons. The molecule has 0 bridgehead atoms. The first-order valence-electron chi connectivity index (χ1n) is 4.49. The van der Waals surface area contributed by atoms with Crippen LogP contribution in [-0.4, -0.2) is 20.6 Å². The minimum atomic E-state index is 0.212. The Kier molecular flexibility index (Phi) is 2.18. The van der Waals surface area contributed by atoms with E-state index in [1.165, 1.54) is 0 Å². The molecular weight excluding hydrogens is 176 g/mol. The highest BCUT2D eigenvalue weighted by Gasteiger charge is 1.99. The van der Waals surface area contributed by atoms with Crippen molar-refractivity contribution in [2.24, 2.45) is 0 Å². The van der Waals surface area contributed by atoms with Crippen molar-refractivity contribution < 1.29 is 0 Å². The topological polar surface area (TPSA) is 42.2 Å². The molecule has 2 rings (SSSR count). The van der Waals surface area contributed by atoms with Crippen molar-refractivity contribution in [1.82, 2.24) is 14.6 Å². The van der Waals surface area contributed by atoms with E-state index >= 15 is 0 Å². The van der Waals surface area contributed by atoms with Crippen LogP contribution in [0.2, 0.25) is 0 Å². The lowest BCUT2D eigenvalue weighted by Gasteiger charge is -2.09. The van der Waals surface area contributed by atoms with Crippen molar-refractivity contribution in [3.63, 3.8) is 0 Å². The zero-order chi connectivity index (χ0) is 9.97. The zero-order valence-corrected chi connectivity index (χ0v) is 8.01. The monoisotopic (exact) mass is 188 g/mol. The number of hydrogen-bond acceptors (Lipinski definition) is 3. The first-order valence-corrected chi connectivity index (χ1v) is 4.49. The minimum absolute atomic E-state index is 0.212. The summed E-state index contributed by atoms with van der Waals surface area (Å²) < 4.78 is 1.73. The molecule has 1 N–H and O–H groups in total. The van der Waals surface area contributed by atoms with Crippen LogP contribution in [0.3, 0.4) is 0 Å². The fourth-order valence-corrected chi connectivity index (χ4v) is 1.18. The standard InChI is InChI=1S/C10H12N4/c1-3-8(2)12-9-4-5-10-11-6-7-14(10)13-9/h3-8H,1H2,2H3,(H,12,13). The summed E-state index contributed by atoms with van der Waals surface area (Å²) in [5.74, 6) is 0.822. The van der Waals surface area contributed by atoms with Crippen LogP contribution >= 0.6 is 0 Å². The number of hydrogen-bond donors (Lipinski definition) is 1. The molecule has 0 aliphatic rings. The van der Waals surface area contributed by atoms with Crippen molar-refractivity contribution in [1.29, 1.82) is 0 Å². The van der Waals surface area contributed by atoms with Gasteiger partial charge < -0.3 is 5.32 Å². The maximum absolute atomic E-state index is 4.32. The molecule has 2 heterocycles. The van der Waals surface area contributed by atoms with E-state index in [1.54, 1.807) is 10.7 Å². The Bertz CT molecular complexity index is 446. The van der Waals surface area contributed by atoms with Crippen LogP contribution in [0.15, 0.2) is 37.2 Å². The molecule has 2 aromatic rings. The minimum Gasteiger partial charge on any atom is -0.363 e. The third kappa shape index (κ3) is 1.59. The quantitative estimate of drug-likeness (QED) is 0.746. The van der Waals surface area contributed by atoms with Gasteiger partial charge in [-0.1, -0.05) is 6.08 Å². The van der Waals surface area contributed by atoms with Gasteiger partial charge in [0, 0.05) is 18.4 Å². The van der Waals surface area contributed by atoms with Gasteiger partial charge in [0.2, 0.25) is 0 Å². The lowest BCUT2D eigenvalue weighted by molar-refractivity contribution is 0.901. The Labute approximate surface area is 82.3 Å². The molecule has 0 spiro atoms. The Morgan fingerprint density at radius 2 is 2.43 bits per heavy atom. The van der Waals surface area contributed by atoms with Gasteiger partial charge in [-0.3, -0.25) is 0 Å². The van der Waals surface area contributed by atoms with E-state index in [9.17, 15) is 0 Å². The number of anilines is 1. The smallest absolute Gasteiger partial charge is 0.153 e. The Balaban J connectivity index is 2.29. The molecule has 1 unspecified atom stereocenters. The molecule has 1 atom stereocenters. The Hall–Kier alpha value is -1.84. The predicted octanol–water partition coefficient (Wildman–Crippen LogP) is 1.72. The van der Waals surface area contributed by atoms with E-state index in [0.29, 0.717) is 0 Å². The summed E-state index contributed by atoms with van der Waals surface area (Å²) in [4.78, 5) is 4.11. The second-order valence-corrected chi connectivity index (χ2v) is 3.12. The fourth-order valence-electron chi connectivity index (χ4n) is 1.18. The average molecular weight is 188 g/mol. The lowest BCUT2D eigenvalue weighted by atomic mass is 10.3. The van der Waals surface area contributed by atoms with Gasteiger partial charge in [0.05, 0.1) is 0 Å². The highest BCUT2D eigenvalue weighted by atomic mass is 15.3. The number of imidazole rings is 1. The summed E-state index contributed by atoms with van der Waals surface area (Å²) in [6, 6.07) is 4.04. The molecule has 0 fully saturated rings. The van der Waals surface area contributed by atoms with E-state index in [0.717, 1.165) is 11.5 Å². The second kappa shape index (κ2) is 3.49. The van der Waals surface area contributed by atoms with Crippen LogP contribution in [0.25, 0.3) is 5.65 Å².